The lowest BCUT2D eigenvalue weighted by Crippen LogP contribution is -2.49. The molecule has 0 radical (unpaired) electrons. The average Bonchev–Trinajstić information content (AvgIpc) is 3.18. The summed E-state index contributed by atoms with van der Waals surface area (Å²) in [5.74, 6) is 1.56. The first-order valence-electron chi connectivity index (χ1n) is 9.98. The van der Waals surface area contributed by atoms with Crippen molar-refractivity contribution in [2.45, 2.75) is 26.3 Å². The molecule has 1 fully saturated rings. The van der Waals surface area contributed by atoms with E-state index in [1.165, 1.54) is 0 Å². The van der Waals surface area contributed by atoms with Crippen LogP contribution in [0.25, 0.3) is 11.5 Å². The highest BCUT2D eigenvalue weighted by Gasteiger charge is 2.20. The highest BCUT2D eigenvalue weighted by Crippen LogP contribution is 2.22. The van der Waals surface area contributed by atoms with E-state index in [1.807, 2.05) is 24.3 Å². The molecule has 1 aliphatic heterocycles. The topological polar surface area (TPSA) is 70.8 Å². The number of benzene rings is 1. The standard InChI is InChI=1S/C21H30N4O3/c1-3-4-9-22-20(26)15-25-12-10-24(11-13-25)14-18-16-28-21(23-18)17-5-7-19(27-2)8-6-17/h5-8,16H,3-4,9-15H2,1-2H3,(H,22,26). The van der Waals surface area contributed by atoms with Crippen molar-refractivity contribution in [3.8, 4) is 17.2 Å². The molecule has 0 atom stereocenters. The second kappa shape index (κ2) is 10.2. The van der Waals surface area contributed by atoms with Crippen LogP contribution in [0.3, 0.4) is 0 Å². The number of aromatic nitrogens is 1. The Morgan fingerprint density at radius 2 is 1.89 bits per heavy atom. The molecule has 1 amide bonds. The van der Waals surface area contributed by atoms with Gasteiger partial charge in [0.1, 0.15) is 12.0 Å². The lowest BCUT2D eigenvalue weighted by molar-refractivity contribution is -0.122. The summed E-state index contributed by atoms with van der Waals surface area (Å²) in [7, 11) is 1.65. The molecule has 28 heavy (non-hydrogen) atoms. The highest BCUT2D eigenvalue weighted by molar-refractivity contribution is 5.77. The normalized spacial score (nSPS) is 15.5. The van der Waals surface area contributed by atoms with Gasteiger partial charge in [-0.15, -0.1) is 0 Å². The van der Waals surface area contributed by atoms with Crippen molar-refractivity contribution in [3.05, 3.63) is 36.2 Å². The third kappa shape index (κ3) is 5.81. The Hall–Kier alpha value is -2.38. The molecule has 2 aromatic rings. The lowest BCUT2D eigenvalue weighted by atomic mass is 10.2. The van der Waals surface area contributed by atoms with E-state index in [0.717, 1.165) is 69.1 Å². The third-order valence-corrected chi connectivity index (χ3v) is 4.96. The van der Waals surface area contributed by atoms with Crippen LogP contribution in [-0.4, -0.2) is 67.1 Å². The first-order chi connectivity index (χ1) is 13.7. The van der Waals surface area contributed by atoms with Crippen molar-refractivity contribution >= 4 is 5.91 Å². The van der Waals surface area contributed by atoms with E-state index in [9.17, 15) is 4.79 Å². The molecular weight excluding hydrogens is 356 g/mol. The fraction of sp³-hybridized carbons (Fsp3) is 0.524. The van der Waals surface area contributed by atoms with Gasteiger partial charge in [0.25, 0.3) is 0 Å². The third-order valence-electron chi connectivity index (χ3n) is 4.96. The molecule has 7 nitrogen and oxygen atoms in total. The summed E-state index contributed by atoms with van der Waals surface area (Å²) in [5, 5.41) is 2.98. The van der Waals surface area contributed by atoms with Gasteiger partial charge < -0.3 is 14.5 Å². The van der Waals surface area contributed by atoms with Crippen LogP contribution in [0.4, 0.5) is 0 Å². The van der Waals surface area contributed by atoms with Gasteiger partial charge in [-0.2, -0.15) is 0 Å². The largest absolute Gasteiger partial charge is 0.497 e. The molecular formula is C21H30N4O3. The second-order valence-electron chi connectivity index (χ2n) is 7.13. The van der Waals surface area contributed by atoms with E-state index < -0.39 is 0 Å². The zero-order valence-corrected chi connectivity index (χ0v) is 16.8. The molecule has 7 heteroatoms. The number of nitrogens with zero attached hydrogens (tertiary/aromatic N) is 3. The number of ether oxygens (including phenoxy) is 1. The Labute approximate surface area is 166 Å². The Kier molecular flexibility index (Phi) is 7.45. The van der Waals surface area contributed by atoms with Crippen molar-refractivity contribution in [1.82, 2.24) is 20.1 Å². The van der Waals surface area contributed by atoms with Gasteiger partial charge >= 0.3 is 0 Å². The molecule has 3 rings (SSSR count). The molecule has 152 valence electrons. The predicted molar refractivity (Wildman–Crippen MR) is 108 cm³/mol. The summed E-state index contributed by atoms with van der Waals surface area (Å²) >= 11 is 0. The molecule has 0 saturated carbocycles. The fourth-order valence-corrected chi connectivity index (χ4v) is 3.24. The zero-order chi connectivity index (χ0) is 19.8. The average molecular weight is 386 g/mol. The van der Waals surface area contributed by atoms with E-state index in [2.05, 4.69) is 27.0 Å². The van der Waals surface area contributed by atoms with Crippen LogP contribution in [0, 0.1) is 0 Å². The van der Waals surface area contributed by atoms with Crippen molar-refractivity contribution < 1.29 is 13.9 Å². The predicted octanol–water partition coefficient (Wildman–Crippen LogP) is 2.38. The number of unbranched alkanes of at least 4 members (excludes halogenated alkanes) is 1. The number of methoxy groups -OCH3 is 1. The Bertz CT molecular complexity index is 736. The van der Waals surface area contributed by atoms with E-state index in [0.29, 0.717) is 12.4 Å². The monoisotopic (exact) mass is 386 g/mol. The van der Waals surface area contributed by atoms with E-state index in [-0.39, 0.29) is 5.91 Å². The minimum absolute atomic E-state index is 0.127. The highest BCUT2D eigenvalue weighted by atomic mass is 16.5. The summed E-state index contributed by atoms with van der Waals surface area (Å²) < 4.78 is 10.8. The molecule has 1 aromatic carbocycles. The molecule has 0 spiro atoms. The maximum absolute atomic E-state index is 11.9. The summed E-state index contributed by atoms with van der Waals surface area (Å²) in [5.41, 5.74) is 1.86. The van der Waals surface area contributed by atoms with Crippen LogP contribution in [-0.2, 0) is 11.3 Å². The number of hydrogen-bond acceptors (Lipinski definition) is 6. The van der Waals surface area contributed by atoms with Gasteiger partial charge in [-0.3, -0.25) is 14.6 Å². The maximum Gasteiger partial charge on any atom is 0.234 e. The van der Waals surface area contributed by atoms with E-state index in [1.54, 1.807) is 13.4 Å². The van der Waals surface area contributed by atoms with Crippen molar-refractivity contribution in [3.63, 3.8) is 0 Å². The molecule has 0 unspecified atom stereocenters. The van der Waals surface area contributed by atoms with Crippen molar-refractivity contribution in [2.24, 2.45) is 0 Å². The molecule has 0 aliphatic carbocycles. The number of piperazine rings is 1. The van der Waals surface area contributed by atoms with Crippen LogP contribution < -0.4 is 10.1 Å². The smallest absolute Gasteiger partial charge is 0.234 e. The molecule has 0 bridgehead atoms. The quantitative estimate of drug-likeness (QED) is 0.668. The summed E-state index contributed by atoms with van der Waals surface area (Å²) in [6.45, 7) is 7.78. The first kappa shape index (κ1) is 20.4. The first-order valence-corrected chi connectivity index (χ1v) is 9.98. The molecule has 1 N–H and O–H groups in total. The number of rotatable bonds is 9. The summed E-state index contributed by atoms with van der Waals surface area (Å²) in [4.78, 5) is 21.1. The Morgan fingerprint density at radius 3 is 2.57 bits per heavy atom. The molecule has 1 aromatic heterocycles. The number of carbonyl (C=O) groups excluding carboxylic acids is 1. The van der Waals surface area contributed by atoms with E-state index >= 15 is 0 Å². The minimum atomic E-state index is 0.127. The van der Waals surface area contributed by atoms with Gasteiger partial charge in [-0.05, 0) is 30.7 Å². The SMILES string of the molecule is CCCCNC(=O)CN1CCN(Cc2coc(-c3ccc(OC)cc3)n2)CC1. The zero-order valence-electron chi connectivity index (χ0n) is 16.8. The summed E-state index contributed by atoms with van der Waals surface area (Å²) in [6, 6.07) is 7.69. The number of oxazole rings is 1. The summed E-state index contributed by atoms with van der Waals surface area (Å²) in [6.07, 6.45) is 3.87. The van der Waals surface area contributed by atoms with Crippen molar-refractivity contribution in [1.29, 1.82) is 0 Å². The van der Waals surface area contributed by atoms with Gasteiger partial charge in [0.2, 0.25) is 11.8 Å². The van der Waals surface area contributed by atoms with Gasteiger partial charge in [-0.25, -0.2) is 4.98 Å². The fourth-order valence-electron chi connectivity index (χ4n) is 3.24. The lowest BCUT2D eigenvalue weighted by Gasteiger charge is -2.33. The number of hydrogen-bond donors (Lipinski definition) is 1. The molecule has 1 aliphatic rings. The Morgan fingerprint density at radius 1 is 1.18 bits per heavy atom. The van der Waals surface area contributed by atoms with Crippen LogP contribution in [0.5, 0.6) is 5.75 Å². The van der Waals surface area contributed by atoms with Gasteiger partial charge in [0, 0.05) is 44.8 Å². The molecule has 2 heterocycles. The van der Waals surface area contributed by atoms with Crippen molar-refractivity contribution in [2.75, 3.05) is 46.4 Å². The number of nitrogens with one attached hydrogen (secondary N) is 1. The van der Waals surface area contributed by atoms with Gasteiger partial charge in [0.15, 0.2) is 0 Å². The van der Waals surface area contributed by atoms with Crippen LogP contribution in [0.15, 0.2) is 34.9 Å². The van der Waals surface area contributed by atoms with Gasteiger partial charge in [-0.1, -0.05) is 13.3 Å². The Balaban J connectivity index is 1.43. The van der Waals surface area contributed by atoms with Crippen LogP contribution in [0.2, 0.25) is 0 Å². The van der Waals surface area contributed by atoms with Crippen LogP contribution >= 0.6 is 0 Å². The van der Waals surface area contributed by atoms with E-state index in [4.69, 9.17) is 9.15 Å². The second-order valence-corrected chi connectivity index (χ2v) is 7.13. The number of amides is 1. The maximum atomic E-state index is 11.9. The van der Waals surface area contributed by atoms with Gasteiger partial charge in [0.05, 0.1) is 19.3 Å². The molecule has 1 saturated heterocycles. The number of carbonyl (C=O) groups is 1. The minimum Gasteiger partial charge on any atom is -0.497 e. The van der Waals surface area contributed by atoms with Crippen LogP contribution in [0.1, 0.15) is 25.5 Å².